The Morgan fingerprint density at radius 2 is 1.97 bits per heavy atom. The second kappa shape index (κ2) is 12.5. The van der Waals surface area contributed by atoms with Crippen molar-refractivity contribution < 1.29 is 9.90 Å². The van der Waals surface area contributed by atoms with Gasteiger partial charge in [-0.05, 0) is 36.6 Å². The Hall–Kier alpha value is -1.36. The van der Waals surface area contributed by atoms with E-state index in [1.165, 1.54) is 11.3 Å². The van der Waals surface area contributed by atoms with Gasteiger partial charge in [0.25, 0.3) is 0 Å². The second-order valence-corrected chi connectivity index (χ2v) is 8.72. The molecule has 1 aromatic heterocycles. The molecule has 1 aromatic carbocycles. The number of likely N-dealkylation sites (tertiary alicyclic amines) is 1. The maximum absolute atomic E-state index is 11.8. The molecule has 0 spiro atoms. The molecule has 1 aliphatic heterocycles. The predicted molar refractivity (Wildman–Crippen MR) is 134 cm³/mol. The summed E-state index contributed by atoms with van der Waals surface area (Å²) in [6.45, 7) is 5.14. The number of carbonyl (C=O) groups excluding carboxylic acids is 1. The number of hydrogen-bond donors (Lipinski definition) is 3. The maximum Gasteiger partial charge on any atom is 0.222 e. The average Bonchev–Trinajstić information content (AvgIpc) is 3.33. The van der Waals surface area contributed by atoms with E-state index >= 15 is 0 Å². The fourth-order valence-corrected chi connectivity index (χ4v) is 4.20. The van der Waals surface area contributed by atoms with Crippen molar-refractivity contribution in [3.63, 3.8) is 0 Å². The number of aliphatic imine (C=N–C) groups is 1. The summed E-state index contributed by atoms with van der Waals surface area (Å²) >= 11 is 7.31. The first-order valence-electron chi connectivity index (χ1n) is 9.86. The minimum atomic E-state index is -0.635. The third kappa shape index (κ3) is 7.40. The van der Waals surface area contributed by atoms with Gasteiger partial charge < -0.3 is 20.6 Å². The molecule has 1 saturated heterocycles. The van der Waals surface area contributed by atoms with Gasteiger partial charge in [-0.2, -0.15) is 0 Å². The summed E-state index contributed by atoms with van der Waals surface area (Å²) in [6, 6.07) is 11.8. The third-order valence-corrected chi connectivity index (χ3v) is 6.05. The van der Waals surface area contributed by atoms with Crippen molar-refractivity contribution in [1.82, 2.24) is 15.5 Å². The van der Waals surface area contributed by atoms with Crippen molar-refractivity contribution in [1.29, 1.82) is 0 Å². The summed E-state index contributed by atoms with van der Waals surface area (Å²) in [5.41, 5.74) is 2.22. The minimum absolute atomic E-state index is 0. The van der Waals surface area contributed by atoms with Gasteiger partial charge in [0.15, 0.2) is 5.96 Å². The lowest BCUT2D eigenvalue weighted by atomic mass is 10.1. The summed E-state index contributed by atoms with van der Waals surface area (Å²) < 4.78 is 0.664. The summed E-state index contributed by atoms with van der Waals surface area (Å²) in [6.07, 6.45) is 0.991. The molecule has 1 aliphatic rings. The lowest BCUT2D eigenvalue weighted by molar-refractivity contribution is -0.128. The predicted octanol–water partition coefficient (Wildman–Crippen LogP) is 3.93. The Kier molecular flexibility index (Phi) is 10.4. The van der Waals surface area contributed by atoms with E-state index < -0.39 is 6.10 Å². The van der Waals surface area contributed by atoms with Crippen molar-refractivity contribution in [2.24, 2.45) is 4.99 Å². The average molecular weight is 563 g/mol. The van der Waals surface area contributed by atoms with Crippen molar-refractivity contribution in [3.8, 4) is 0 Å². The van der Waals surface area contributed by atoms with Crippen LogP contribution in [-0.4, -0.2) is 41.5 Å². The zero-order valence-corrected chi connectivity index (χ0v) is 20.8. The molecule has 30 heavy (non-hydrogen) atoms. The lowest BCUT2D eigenvalue weighted by Crippen LogP contribution is -2.39. The van der Waals surface area contributed by atoms with Gasteiger partial charge in [-0.15, -0.1) is 35.3 Å². The number of aliphatic hydroxyl groups excluding tert-OH is 1. The van der Waals surface area contributed by atoms with Crippen LogP contribution in [0.25, 0.3) is 0 Å². The monoisotopic (exact) mass is 562 g/mol. The molecule has 0 radical (unpaired) electrons. The standard InChI is InChI=1S/C21H27ClN4O2S.HI/c1-2-23-21(25-13-17(27)18-9-10-19(22)29-18)24-12-15-5-7-16(8-6-15)14-26-11-3-4-20(26)28;/h5-10,17,27H,2-4,11-14H2,1H3,(H2,23,24,25);1H. The van der Waals surface area contributed by atoms with E-state index in [-0.39, 0.29) is 29.9 Å². The number of thiophene rings is 1. The number of nitrogens with one attached hydrogen (secondary N) is 2. The molecule has 1 fully saturated rings. The van der Waals surface area contributed by atoms with Crippen molar-refractivity contribution in [2.45, 2.75) is 39.0 Å². The number of aliphatic hydroxyl groups is 1. The normalized spacial score (nSPS) is 15.1. The molecule has 1 atom stereocenters. The Balaban J connectivity index is 0.00000320. The molecular weight excluding hydrogens is 535 g/mol. The number of rotatable bonds is 8. The quantitative estimate of drug-likeness (QED) is 0.259. The van der Waals surface area contributed by atoms with E-state index in [4.69, 9.17) is 11.6 Å². The Labute approximate surface area is 203 Å². The van der Waals surface area contributed by atoms with Crippen LogP contribution in [0.5, 0.6) is 0 Å². The fourth-order valence-electron chi connectivity index (χ4n) is 3.16. The Morgan fingerprint density at radius 1 is 1.23 bits per heavy atom. The maximum atomic E-state index is 11.8. The van der Waals surface area contributed by atoms with Crippen molar-refractivity contribution in [3.05, 3.63) is 56.7 Å². The SMILES string of the molecule is CCNC(=NCc1ccc(CN2CCCC2=O)cc1)NCC(O)c1ccc(Cl)s1.I. The molecular formula is C21H28ClIN4O2S. The highest BCUT2D eigenvalue weighted by atomic mass is 127. The molecule has 9 heteroatoms. The van der Waals surface area contributed by atoms with Crippen LogP contribution in [-0.2, 0) is 17.9 Å². The minimum Gasteiger partial charge on any atom is -0.386 e. The molecule has 2 heterocycles. The Bertz CT molecular complexity index is 844. The number of amides is 1. The lowest BCUT2D eigenvalue weighted by Gasteiger charge is -2.16. The summed E-state index contributed by atoms with van der Waals surface area (Å²) in [4.78, 5) is 19.1. The summed E-state index contributed by atoms with van der Waals surface area (Å²) in [7, 11) is 0. The van der Waals surface area contributed by atoms with E-state index in [0.717, 1.165) is 35.5 Å². The van der Waals surface area contributed by atoms with Crippen LogP contribution in [0.3, 0.4) is 0 Å². The molecule has 3 rings (SSSR count). The number of carbonyl (C=O) groups is 1. The first-order valence-corrected chi connectivity index (χ1v) is 11.1. The van der Waals surface area contributed by atoms with Crippen LogP contribution in [0.2, 0.25) is 4.34 Å². The molecule has 1 amide bonds. The van der Waals surface area contributed by atoms with Crippen LogP contribution in [0.1, 0.15) is 41.9 Å². The van der Waals surface area contributed by atoms with E-state index in [1.807, 2.05) is 30.0 Å². The number of nitrogens with zero attached hydrogens (tertiary/aromatic N) is 2. The zero-order chi connectivity index (χ0) is 20.6. The molecule has 0 saturated carbocycles. The first kappa shape index (κ1) is 24.9. The number of benzene rings is 1. The number of guanidine groups is 1. The highest BCUT2D eigenvalue weighted by molar-refractivity contribution is 14.0. The molecule has 1 unspecified atom stereocenters. The second-order valence-electron chi connectivity index (χ2n) is 6.97. The van der Waals surface area contributed by atoms with Gasteiger partial charge >= 0.3 is 0 Å². The van der Waals surface area contributed by atoms with Crippen molar-refractivity contribution in [2.75, 3.05) is 19.6 Å². The van der Waals surface area contributed by atoms with E-state index in [0.29, 0.717) is 36.4 Å². The van der Waals surface area contributed by atoms with Gasteiger partial charge in [-0.3, -0.25) is 4.79 Å². The van der Waals surface area contributed by atoms with Gasteiger partial charge in [-0.1, -0.05) is 35.9 Å². The van der Waals surface area contributed by atoms with Gasteiger partial charge in [0.05, 0.1) is 10.9 Å². The largest absolute Gasteiger partial charge is 0.386 e. The van der Waals surface area contributed by atoms with Gasteiger partial charge in [0, 0.05) is 37.5 Å². The topological polar surface area (TPSA) is 77.0 Å². The molecule has 6 nitrogen and oxygen atoms in total. The summed E-state index contributed by atoms with van der Waals surface area (Å²) in [5, 5.41) is 16.6. The molecule has 0 aliphatic carbocycles. The molecule has 3 N–H and O–H groups in total. The van der Waals surface area contributed by atoms with Gasteiger partial charge in [0.2, 0.25) is 5.91 Å². The number of hydrogen-bond acceptors (Lipinski definition) is 4. The summed E-state index contributed by atoms with van der Waals surface area (Å²) in [5.74, 6) is 0.896. The van der Waals surface area contributed by atoms with Crippen LogP contribution < -0.4 is 10.6 Å². The molecule has 164 valence electrons. The van der Waals surface area contributed by atoms with Crippen LogP contribution in [0, 0.1) is 0 Å². The zero-order valence-electron chi connectivity index (χ0n) is 16.9. The highest BCUT2D eigenvalue weighted by Gasteiger charge is 2.19. The van der Waals surface area contributed by atoms with Crippen LogP contribution >= 0.6 is 46.9 Å². The van der Waals surface area contributed by atoms with Crippen molar-refractivity contribution >= 4 is 58.8 Å². The van der Waals surface area contributed by atoms with Crippen LogP contribution in [0.15, 0.2) is 41.4 Å². The Morgan fingerprint density at radius 3 is 2.57 bits per heavy atom. The van der Waals surface area contributed by atoms with Gasteiger partial charge in [0.1, 0.15) is 6.10 Å². The molecule has 2 aromatic rings. The highest BCUT2D eigenvalue weighted by Crippen LogP contribution is 2.26. The van der Waals surface area contributed by atoms with E-state index in [9.17, 15) is 9.90 Å². The smallest absolute Gasteiger partial charge is 0.222 e. The number of halogens is 2. The fraction of sp³-hybridized carbons (Fsp3) is 0.429. The van der Waals surface area contributed by atoms with Gasteiger partial charge in [-0.25, -0.2) is 4.99 Å². The van der Waals surface area contributed by atoms with E-state index in [1.54, 1.807) is 6.07 Å². The third-order valence-electron chi connectivity index (χ3n) is 4.72. The first-order chi connectivity index (χ1) is 14.0. The van der Waals surface area contributed by atoms with Crippen LogP contribution in [0.4, 0.5) is 0 Å². The molecule has 0 bridgehead atoms. The van der Waals surface area contributed by atoms with E-state index in [2.05, 4.69) is 27.8 Å².